The first kappa shape index (κ1) is 33.8. The molecule has 0 unspecified atom stereocenters. The summed E-state index contributed by atoms with van der Waals surface area (Å²) in [6, 6.07) is 0. The molecule has 1 heterocycles. The van der Waals surface area contributed by atoms with Gasteiger partial charge < -0.3 is 40.1 Å². The standard InChI is InChI=1S/C36H58O9/c1-31(2)13-15-36(30(42)43)16-14-34(5)20(21(36)17-31)7-8-24-32(3)11-10-25(33(4,19-38)23(32)9-12-35(24,34)6)45-29-28(41)27(40)26(39)22(18-37)44-29/h7,21-29,37-41H,8-19H2,1-6H3,(H,42,43)/t21-,22+,23+,24+,25-,26+,27-,28+,29-,32-,33-,34-,35+,36-/m0/s1. The number of carbonyl (C=O) groups is 1. The smallest absolute Gasteiger partial charge is 0.310 e. The molecule has 256 valence electrons. The van der Waals surface area contributed by atoms with Gasteiger partial charge in [-0.25, -0.2) is 0 Å². The summed E-state index contributed by atoms with van der Waals surface area (Å²) in [4.78, 5) is 12.9. The van der Waals surface area contributed by atoms with Crippen molar-refractivity contribution in [2.75, 3.05) is 13.2 Å². The number of hydrogen-bond donors (Lipinski definition) is 6. The molecule has 1 saturated heterocycles. The fourth-order valence-electron chi connectivity index (χ4n) is 12.2. The van der Waals surface area contributed by atoms with Crippen LogP contribution < -0.4 is 0 Å². The van der Waals surface area contributed by atoms with Crippen molar-refractivity contribution in [3.8, 4) is 0 Å². The van der Waals surface area contributed by atoms with E-state index in [4.69, 9.17) is 9.47 Å². The predicted octanol–water partition coefficient (Wildman–Crippen LogP) is 4.03. The summed E-state index contributed by atoms with van der Waals surface area (Å²) in [5.74, 6) is -0.0763. The minimum absolute atomic E-state index is 0.0179. The summed E-state index contributed by atoms with van der Waals surface area (Å²) in [5, 5.41) is 62.7. The first-order chi connectivity index (χ1) is 20.9. The molecule has 45 heavy (non-hydrogen) atoms. The van der Waals surface area contributed by atoms with Crippen LogP contribution in [0.3, 0.4) is 0 Å². The number of hydrogen-bond acceptors (Lipinski definition) is 8. The van der Waals surface area contributed by atoms with Crippen LogP contribution in [-0.2, 0) is 14.3 Å². The summed E-state index contributed by atoms with van der Waals surface area (Å²) >= 11 is 0. The molecule has 9 heteroatoms. The van der Waals surface area contributed by atoms with Crippen molar-refractivity contribution >= 4 is 5.97 Å². The fraction of sp³-hybridized carbons (Fsp3) is 0.917. The van der Waals surface area contributed by atoms with Gasteiger partial charge in [-0.3, -0.25) is 4.79 Å². The maximum atomic E-state index is 12.9. The zero-order valence-corrected chi connectivity index (χ0v) is 28.2. The van der Waals surface area contributed by atoms with Crippen LogP contribution in [0.2, 0.25) is 0 Å². The van der Waals surface area contributed by atoms with E-state index in [0.717, 1.165) is 57.8 Å². The molecule has 0 radical (unpaired) electrons. The Morgan fingerprint density at radius 3 is 2.22 bits per heavy atom. The van der Waals surface area contributed by atoms with E-state index in [9.17, 15) is 35.4 Å². The van der Waals surface area contributed by atoms with Gasteiger partial charge in [-0.1, -0.05) is 53.2 Å². The van der Waals surface area contributed by atoms with Crippen molar-refractivity contribution in [2.45, 2.75) is 143 Å². The van der Waals surface area contributed by atoms with Crippen molar-refractivity contribution in [1.82, 2.24) is 0 Å². The lowest BCUT2D eigenvalue weighted by molar-refractivity contribution is -0.333. The quantitative estimate of drug-likeness (QED) is 0.194. The van der Waals surface area contributed by atoms with Crippen molar-refractivity contribution in [2.24, 2.45) is 50.2 Å². The van der Waals surface area contributed by atoms with E-state index in [2.05, 4.69) is 47.6 Å². The van der Waals surface area contributed by atoms with E-state index in [-0.39, 0.29) is 40.1 Å². The SMILES string of the molecule is CC1(C)CC[C@]2(C(=O)O)CC[C@@]3(C)C(=CC[C@@H]4[C@@]5(C)CC[C@H](O[C@@H]6O[C@H](CO)[C@@H](O)[C@H](O)[C@H]6O)[C@@](C)(CO)[C@@H]5CC[C@]43C)[C@@H]2C1. The van der Waals surface area contributed by atoms with Crippen LogP contribution >= 0.6 is 0 Å². The first-order valence-corrected chi connectivity index (χ1v) is 17.4. The lowest BCUT2D eigenvalue weighted by atomic mass is 9.33. The molecular weight excluding hydrogens is 576 g/mol. The van der Waals surface area contributed by atoms with Crippen LogP contribution in [0.15, 0.2) is 11.6 Å². The van der Waals surface area contributed by atoms with E-state index in [0.29, 0.717) is 12.3 Å². The van der Waals surface area contributed by atoms with Gasteiger partial charge in [0.25, 0.3) is 0 Å². The molecule has 0 aromatic carbocycles. The molecule has 6 aliphatic rings. The largest absolute Gasteiger partial charge is 0.481 e. The van der Waals surface area contributed by atoms with Crippen LogP contribution in [0.5, 0.6) is 0 Å². The van der Waals surface area contributed by atoms with Gasteiger partial charge in [-0.2, -0.15) is 0 Å². The first-order valence-electron chi connectivity index (χ1n) is 17.4. The third-order valence-electron chi connectivity index (χ3n) is 15.3. The number of aliphatic carboxylic acids is 1. The van der Waals surface area contributed by atoms with Crippen molar-refractivity contribution in [3.05, 3.63) is 11.6 Å². The van der Waals surface area contributed by atoms with Gasteiger partial charge in [0.1, 0.15) is 24.4 Å². The number of allylic oxidation sites excluding steroid dienone is 2. The normalized spacial score (nSPS) is 54.1. The Labute approximate surface area is 268 Å². The Kier molecular flexibility index (Phi) is 8.25. The second kappa shape index (κ2) is 11.0. The summed E-state index contributed by atoms with van der Waals surface area (Å²) < 4.78 is 12.1. The molecule has 9 nitrogen and oxygen atoms in total. The molecule has 6 rings (SSSR count). The zero-order chi connectivity index (χ0) is 33.0. The summed E-state index contributed by atoms with van der Waals surface area (Å²) in [6.45, 7) is 13.3. The van der Waals surface area contributed by atoms with E-state index in [1.165, 1.54) is 5.57 Å². The third kappa shape index (κ3) is 4.61. The van der Waals surface area contributed by atoms with Crippen LogP contribution in [0.4, 0.5) is 0 Å². The van der Waals surface area contributed by atoms with Gasteiger partial charge in [-0.15, -0.1) is 0 Å². The highest BCUT2D eigenvalue weighted by Gasteiger charge is 2.70. The molecule has 4 saturated carbocycles. The lowest BCUT2D eigenvalue weighted by Crippen LogP contribution is -2.67. The summed E-state index contributed by atoms with van der Waals surface area (Å²) in [7, 11) is 0. The number of carboxylic acid groups (broad SMARTS) is 1. The Balaban J connectivity index is 1.31. The van der Waals surface area contributed by atoms with Gasteiger partial charge >= 0.3 is 5.97 Å². The molecule has 0 bridgehead atoms. The molecule has 6 N–H and O–H groups in total. The number of carboxylic acids is 1. The highest BCUT2D eigenvalue weighted by molar-refractivity contribution is 5.76. The van der Waals surface area contributed by atoms with Gasteiger partial charge in [0, 0.05) is 5.41 Å². The van der Waals surface area contributed by atoms with E-state index in [1.54, 1.807) is 0 Å². The minimum atomic E-state index is -1.51. The van der Waals surface area contributed by atoms with Crippen LogP contribution in [0.25, 0.3) is 0 Å². The summed E-state index contributed by atoms with van der Waals surface area (Å²) in [6.07, 6.45) is 3.78. The minimum Gasteiger partial charge on any atom is -0.481 e. The van der Waals surface area contributed by atoms with Crippen molar-refractivity contribution in [1.29, 1.82) is 0 Å². The molecule has 0 spiro atoms. The second-order valence-electron chi connectivity index (χ2n) is 17.7. The van der Waals surface area contributed by atoms with E-state index < -0.39 is 60.2 Å². The molecule has 1 aliphatic heterocycles. The Morgan fingerprint density at radius 2 is 1.58 bits per heavy atom. The Morgan fingerprint density at radius 1 is 0.889 bits per heavy atom. The zero-order valence-electron chi connectivity index (χ0n) is 28.2. The monoisotopic (exact) mass is 634 g/mol. The number of rotatable bonds is 5. The van der Waals surface area contributed by atoms with Crippen molar-refractivity contribution in [3.63, 3.8) is 0 Å². The number of aliphatic hydroxyl groups excluding tert-OH is 5. The fourth-order valence-corrected chi connectivity index (χ4v) is 12.2. The molecule has 0 amide bonds. The maximum Gasteiger partial charge on any atom is 0.310 e. The van der Waals surface area contributed by atoms with E-state index >= 15 is 0 Å². The molecule has 5 fully saturated rings. The summed E-state index contributed by atoms with van der Waals surface area (Å²) in [5.41, 5.74) is -0.00794. The molecular formula is C36H58O9. The van der Waals surface area contributed by atoms with Crippen LogP contribution in [0, 0.1) is 50.2 Å². The van der Waals surface area contributed by atoms with Gasteiger partial charge in [0.2, 0.25) is 0 Å². The van der Waals surface area contributed by atoms with Gasteiger partial charge in [0.15, 0.2) is 6.29 Å². The Hall–Kier alpha value is -1.07. The maximum absolute atomic E-state index is 12.9. The average Bonchev–Trinajstić information content (AvgIpc) is 2.98. The Bertz CT molecular complexity index is 1200. The highest BCUT2D eigenvalue weighted by atomic mass is 16.7. The van der Waals surface area contributed by atoms with E-state index in [1.807, 2.05) is 0 Å². The molecule has 0 aromatic heterocycles. The topological polar surface area (TPSA) is 157 Å². The number of ether oxygens (including phenoxy) is 2. The number of fused-ring (bicyclic) bond motifs is 7. The predicted molar refractivity (Wildman–Crippen MR) is 167 cm³/mol. The van der Waals surface area contributed by atoms with Crippen LogP contribution in [0.1, 0.15) is 106 Å². The van der Waals surface area contributed by atoms with Crippen molar-refractivity contribution < 1.29 is 44.9 Å². The average molecular weight is 635 g/mol. The lowest BCUT2D eigenvalue weighted by Gasteiger charge is -2.71. The van der Waals surface area contributed by atoms with Crippen LogP contribution in [-0.4, -0.2) is 86.6 Å². The highest BCUT2D eigenvalue weighted by Crippen LogP contribution is 2.76. The molecule has 14 atom stereocenters. The van der Waals surface area contributed by atoms with Gasteiger partial charge in [-0.05, 0) is 104 Å². The third-order valence-corrected chi connectivity index (χ3v) is 15.3. The molecule has 0 aromatic rings. The van der Waals surface area contributed by atoms with Gasteiger partial charge in [0.05, 0.1) is 24.7 Å². The molecule has 5 aliphatic carbocycles. The second-order valence-corrected chi connectivity index (χ2v) is 17.7. The number of aliphatic hydroxyl groups is 5.